The first-order chi connectivity index (χ1) is 8.69. The Balaban J connectivity index is 2.06. The third kappa shape index (κ3) is 3.48. The van der Waals surface area contributed by atoms with Gasteiger partial charge in [-0.15, -0.1) is 0 Å². The number of benzene rings is 2. The highest BCUT2D eigenvalue weighted by molar-refractivity contribution is 9.10. The molecule has 2 rings (SSSR count). The Hall–Kier alpha value is -1.03. The van der Waals surface area contributed by atoms with Crippen molar-refractivity contribution in [1.29, 1.82) is 0 Å². The summed E-state index contributed by atoms with van der Waals surface area (Å²) in [4.78, 5) is 0. The fraction of sp³-hybridized carbons (Fsp3) is 0.143. The van der Waals surface area contributed by atoms with Gasteiger partial charge in [0.05, 0.1) is 6.61 Å². The third-order valence-electron chi connectivity index (χ3n) is 2.61. The number of aliphatic hydroxyl groups excluding tert-OH is 1. The first-order valence-electron chi connectivity index (χ1n) is 5.56. The predicted octanol–water partition coefficient (Wildman–Crippen LogP) is 4.21. The first-order valence-corrected chi connectivity index (χ1v) is 6.74. The van der Waals surface area contributed by atoms with Crippen molar-refractivity contribution in [2.24, 2.45) is 0 Å². The van der Waals surface area contributed by atoms with E-state index in [0.29, 0.717) is 6.54 Å². The monoisotopic (exact) mass is 325 g/mol. The summed E-state index contributed by atoms with van der Waals surface area (Å²) in [6.07, 6.45) is 0. The van der Waals surface area contributed by atoms with Crippen LogP contribution < -0.4 is 5.32 Å². The molecule has 0 spiro atoms. The second-order valence-corrected chi connectivity index (χ2v) is 5.27. The lowest BCUT2D eigenvalue weighted by atomic mass is 10.2. The van der Waals surface area contributed by atoms with Gasteiger partial charge in [-0.25, -0.2) is 0 Å². The molecule has 18 heavy (non-hydrogen) atoms. The van der Waals surface area contributed by atoms with Crippen molar-refractivity contribution in [2.75, 3.05) is 5.32 Å². The molecule has 0 heterocycles. The van der Waals surface area contributed by atoms with Crippen LogP contribution in [0.2, 0.25) is 5.02 Å². The minimum absolute atomic E-state index is 0.0502. The first kappa shape index (κ1) is 13.4. The van der Waals surface area contributed by atoms with Gasteiger partial charge in [0, 0.05) is 21.7 Å². The molecule has 0 fully saturated rings. The summed E-state index contributed by atoms with van der Waals surface area (Å²) in [6, 6.07) is 13.5. The molecule has 0 aromatic heterocycles. The van der Waals surface area contributed by atoms with E-state index in [1.807, 2.05) is 42.5 Å². The summed E-state index contributed by atoms with van der Waals surface area (Å²) in [5.74, 6) is 0. The average molecular weight is 327 g/mol. The van der Waals surface area contributed by atoms with Crippen molar-refractivity contribution in [3.05, 3.63) is 63.1 Å². The molecule has 0 amide bonds. The topological polar surface area (TPSA) is 32.3 Å². The van der Waals surface area contributed by atoms with E-state index in [0.717, 1.165) is 26.3 Å². The maximum absolute atomic E-state index is 9.07. The van der Waals surface area contributed by atoms with E-state index in [1.165, 1.54) is 0 Å². The molecule has 0 aliphatic heterocycles. The van der Waals surface area contributed by atoms with E-state index in [1.54, 1.807) is 0 Å². The van der Waals surface area contributed by atoms with Crippen LogP contribution in [0.1, 0.15) is 11.1 Å². The van der Waals surface area contributed by atoms with Crippen LogP contribution in [0.15, 0.2) is 46.9 Å². The molecular formula is C14H13BrClNO. The van der Waals surface area contributed by atoms with Gasteiger partial charge in [-0.05, 0) is 35.4 Å². The molecule has 4 heteroatoms. The number of anilines is 1. The number of rotatable bonds is 4. The van der Waals surface area contributed by atoms with Gasteiger partial charge in [-0.1, -0.05) is 45.7 Å². The minimum atomic E-state index is 0.0502. The normalized spacial score (nSPS) is 10.4. The number of hydrogen-bond donors (Lipinski definition) is 2. The molecule has 2 nitrogen and oxygen atoms in total. The maximum Gasteiger partial charge on any atom is 0.0682 e. The molecule has 0 unspecified atom stereocenters. The van der Waals surface area contributed by atoms with Crippen LogP contribution in [0.5, 0.6) is 0 Å². The quantitative estimate of drug-likeness (QED) is 0.882. The molecular weight excluding hydrogens is 314 g/mol. The highest BCUT2D eigenvalue weighted by atomic mass is 79.9. The Morgan fingerprint density at radius 3 is 2.72 bits per heavy atom. The van der Waals surface area contributed by atoms with Gasteiger partial charge < -0.3 is 10.4 Å². The molecule has 0 aliphatic carbocycles. The van der Waals surface area contributed by atoms with E-state index in [-0.39, 0.29) is 6.61 Å². The lowest BCUT2D eigenvalue weighted by Gasteiger charge is -2.09. The van der Waals surface area contributed by atoms with E-state index < -0.39 is 0 Å². The summed E-state index contributed by atoms with van der Waals surface area (Å²) < 4.78 is 0.971. The Kier molecular flexibility index (Phi) is 4.64. The van der Waals surface area contributed by atoms with Gasteiger partial charge in [-0.3, -0.25) is 0 Å². The van der Waals surface area contributed by atoms with Crippen molar-refractivity contribution in [1.82, 2.24) is 0 Å². The molecule has 0 atom stereocenters. The Bertz CT molecular complexity index is 545. The summed E-state index contributed by atoms with van der Waals surface area (Å²) in [7, 11) is 0. The van der Waals surface area contributed by atoms with Crippen LogP contribution in [-0.2, 0) is 13.2 Å². The second-order valence-electron chi connectivity index (χ2n) is 3.95. The fourth-order valence-corrected chi connectivity index (χ4v) is 2.38. The summed E-state index contributed by atoms with van der Waals surface area (Å²) in [5.41, 5.74) is 2.90. The number of aliphatic hydroxyl groups is 1. The highest BCUT2D eigenvalue weighted by Gasteiger charge is 2.01. The van der Waals surface area contributed by atoms with Gasteiger partial charge >= 0.3 is 0 Å². The smallest absolute Gasteiger partial charge is 0.0682 e. The second kappa shape index (κ2) is 6.23. The zero-order chi connectivity index (χ0) is 13.0. The van der Waals surface area contributed by atoms with E-state index >= 15 is 0 Å². The van der Waals surface area contributed by atoms with E-state index in [4.69, 9.17) is 16.7 Å². The summed E-state index contributed by atoms with van der Waals surface area (Å²) >= 11 is 9.52. The summed E-state index contributed by atoms with van der Waals surface area (Å²) in [6.45, 7) is 0.704. The SMILES string of the molecule is OCc1cccc(NCc2ccc(Br)cc2Cl)c1. The summed E-state index contributed by atoms with van der Waals surface area (Å²) in [5, 5.41) is 13.1. The van der Waals surface area contributed by atoms with Crippen molar-refractivity contribution in [3.63, 3.8) is 0 Å². The van der Waals surface area contributed by atoms with E-state index in [9.17, 15) is 0 Å². The molecule has 2 N–H and O–H groups in total. The lowest BCUT2D eigenvalue weighted by Crippen LogP contribution is -2.00. The Morgan fingerprint density at radius 1 is 1.17 bits per heavy atom. The van der Waals surface area contributed by atoms with Crippen molar-refractivity contribution in [2.45, 2.75) is 13.2 Å². The zero-order valence-electron chi connectivity index (χ0n) is 9.66. The van der Waals surface area contributed by atoms with Crippen molar-refractivity contribution >= 4 is 33.2 Å². The van der Waals surface area contributed by atoms with E-state index in [2.05, 4.69) is 21.2 Å². The predicted molar refractivity (Wildman–Crippen MR) is 78.8 cm³/mol. The zero-order valence-corrected chi connectivity index (χ0v) is 12.0. The minimum Gasteiger partial charge on any atom is -0.392 e. The van der Waals surface area contributed by atoms with Gasteiger partial charge in [0.2, 0.25) is 0 Å². The van der Waals surface area contributed by atoms with Crippen molar-refractivity contribution < 1.29 is 5.11 Å². The number of hydrogen-bond acceptors (Lipinski definition) is 2. The van der Waals surface area contributed by atoms with Gasteiger partial charge in [0.25, 0.3) is 0 Å². The Morgan fingerprint density at radius 2 is 2.00 bits per heavy atom. The van der Waals surface area contributed by atoms with Gasteiger partial charge in [0.15, 0.2) is 0 Å². The standard InChI is InChI=1S/C14H13BrClNO/c15-12-5-4-11(14(16)7-12)8-17-13-3-1-2-10(6-13)9-18/h1-7,17-18H,8-9H2. The molecule has 94 valence electrons. The largest absolute Gasteiger partial charge is 0.392 e. The van der Waals surface area contributed by atoms with Crippen LogP contribution in [0.3, 0.4) is 0 Å². The third-order valence-corrected chi connectivity index (χ3v) is 3.45. The number of halogens is 2. The van der Waals surface area contributed by atoms with Crippen LogP contribution in [0.4, 0.5) is 5.69 Å². The number of nitrogens with one attached hydrogen (secondary N) is 1. The molecule has 0 saturated heterocycles. The van der Waals surface area contributed by atoms with Gasteiger partial charge in [0.1, 0.15) is 0 Å². The molecule has 2 aromatic carbocycles. The molecule has 2 aromatic rings. The van der Waals surface area contributed by atoms with Crippen LogP contribution in [-0.4, -0.2) is 5.11 Å². The maximum atomic E-state index is 9.07. The van der Waals surface area contributed by atoms with Crippen LogP contribution in [0.25, 0.3) is 0 Å². The Labute approximate surface area is 120 Å². The van der Waals surface area contributed by atoms with Gasteiger partial charge in [-0.2, -0.15) is 0 Å². The van der Waals surface area contributed by atoms with Crippen LogP contribution in [0, 0.1) is 0 Å². The van der Waals surface area contributed by atoms with Crippen LogP contribution >= 0.6 is 27.5 Å². The fourth-order valence-electron chi connectivity index (χ4n) is 1.64. The molecule has 0 saturated carbocycles. The average Bonchev–Trinajstić information content (AvgIpc) is 2.38. The molecule has 0 radical (unpaired) electrons. The lowest BCUT2D eigenvalue weighted by molar-refractivity contribution is 0.282. The molecule has 0 aliphatic rings. The highest BCUT2D eigenvalue weighted by Crippen LogP contribution is 2.22. The van der Waals surface area contributed by atoms with Crippen molar-refractivity contribution in [3.8, 4) is 0 Å². The molecule has 0 bridgehead atoms.